The fraction of sp³-hybridized carbons (Fsp3) is 0.250. The molecule has 0 aliphatic heterocycles. The molecule has 1 N–H and O–H groups in total. The van der Waals surface area contributed by atoms with Crippen LogP contribution in [0.4, 0.5) is 0 Å². The van der Waals surface area contributed by atoms with Crippen molar-refractivity contribution in [1.29, 1.82) is 0 Å². The molecule has 0 saturated heterocycles. The van der Waals surface area contributed by atoms with Gasteiger partial charge in [-0.2, -0.15) is 0 Å². The van der Waals surface area contributed by atoms with Crippen molar-refractivity contribution in [2.75, 3.05) is 13.7 Å². The van der Waals surface area contributed by atoms with E-state index in [1.54, 1.807) is 18.2 Å². The van der Waals surface area contributed by atoms with Crippen LogP contribution in [-0.2, 0) is 0 Å². The summed E-state index contributed by atoms with van der Waals surface area (Å²) < 4.78 is 5.06. The molecule has 0 spiro atoms. The Morgan fingerprint density at radius 2 is 2.31 bits per heavy atom. The van der Waals surface area contributed by atoms with Gasteiger partial charge in [0.1, 0.15) is 5.75 Å². The molecule has 0 atom stereocenters. The Kier molecular flexibility index (Phi) is 4.38. The molecule has 1 amide bonds. The molecule has 86 valence electrons. The second-order valence-corrected chi connectivity index (χ2v) is 3.71. The summed E-state index contributed by atoms with van der Waals surface area (Å²) in [6, 6.07) is 3.35. The number of methoxy groups -OCH3 is 1. The van der Waals surface area contributed by atoms with Gasteiger partial charge in [-0.05, 0) is 24.6 Å². The Hall–Kier alpha value is -1.48. The summed E-state index contributed by atoms with van der Waals surface area (Å²) >= 11 is 5.95. The van der Waals surface area contributed by atoms with Crippen LogP contribution >= 0.6 is 11.6 Å². The third-order valence-electron chi connectivity index (χ3n) is 2.15. The Labute approximate surface area is 100 Å². The van der Waals surface area contributed by atoms with Gasteiger partial charge in [0.05, 0.1) is 12.1 Å². The molecule has 16 heavy (non-hydrogen) atoms. The number of aryl methyl sites for hydroxylation is 1. The van der Waals surface area contributed by atoms with E-state index in [2.05, 4.69) is 11.9 Å². The van der Waals surface area contributed by atoms with Gasteiger partial charge in [-0.3, -0.25) is 4.79 Å². The van der Waals surface area contributed by atoms with Crippen molar-refractivity contribution in [3.63, 3.8) is 0 Å². The largest absolute Gasteiger partial charge is 0.495 e. The summed E-state index contributed by atoms with van der Waals surface area (Å²) in [5, 5.41) is 3.13. The lowest BCUT2D eigenvalue weighted by Gasteiger charge is -2.09. The van der Waals surface area contributed by atoms with Crippen LogP contribution < -0.4 is 10.1 Å². The van der Waals surface area contributed by atoms with E-state index in [1.165, 1.54) is 7.11 Å². The van der Waals surface area contributed by atoms with Crippen molar-refractivity contribution in [2.45, 2.75) is 6.92 Å². The SMILES string of the molecule is C=CCNC(=O)c1cc(Cl)c(OC)cc1C. The average Bonchev–Trinajstić information content (AvgIpc) is 2.28. The van der Waals surface area contributed by atoms with Crippen molar-refractivity contribution in [2.24, 2.45) is 0 Å². The maximum atomic E-state index is 11.7. The van der Waals surface area contributed by atoms with Crippen LogP contribution in [0.1, 0.15) is 15.9 Å². The molecule has 1 rings (SSSR count). The third-order valence-corrected chi connectivity index (χ3v) is 2.45. The number of hydrogen-bond acceptors (Lipinski definition) is 2. The number of rotatable bonds is 4. The van der Waals surface area contributed by atoms with Crippen LogP contribution in [-0.4, -0.2) is 19.6 Å². The molecule has 0 unspecified atom stereocenters. The van der Waals surface area contributed by atoms with Gasteiger partial charge in [-0.1, -0.05) is 17.7 Å². The van der Waals surface area contributed by atoms with Gasteiger partial charge in [0, 0.05) is 12.1 Å². The van der Waals surface area contributed by atoms with Gasteiger partial charge in [-0.25, -0.2) is 0 Å². The number of amides is 1. The number of benzene rings is 1. The Morgan fingerprint density at radius 1 is 1.62 bits per heavy atom. The molecule has 0 aromatic heterocycles. The number of carbonyl (C=O) groups is 1. The highest BCUT2D eigenvalue weighted by Gasteiger charge is 2.12. The van der Waals surface area contributed by atoms with E-state index in [9.17, 15) is 4.79 Å². The maximum Gasteiger partial charge on any atom is 0.251 e. The van der Waals surface area contributed by atoms with E-state index < -0.39 is 0 Å². The highest BCUT2D eigenvalue weighted by Crippen LogP contribution is 2.27. The summed E-state index contributed by atoms with van der Waals surface area (Å²) in [6.45, 7) is 5.80. The van der Waals surface area contributed by atoms with Gasteiger partial charge < -0.3 is 10.1 Å². The minimum absolute atomic E-state index is 0.165. The van der Waals surface area contributed by atoms with Crippen LogP contribution in [0.25, 0.3) is 0 Å². The van der Waals surface area contributed by atoms with Crippen molar-refractivity contribution in [1.82, 2.24) is 5.32 Å². The third kappa shape index (κ3) is 2.76. The smallest absolute Gasteiger partial charge is 0.251 e. The summed E-state index contributed by atoms with van der Waals surface area (Å²) in [6.07, 6.45) is 1.62. The zero-order valence-electron chi connectivity index (χ0n) is 9.34. The molecule has 1 aromatic carbocycles. The summed E-state index contributed by atoms with van der Waals surface area (Å²) in [5.41, 5.74) is 1.37. The highest BCUT2D eigenvalue weighted by atomic mass is 35.5. The first-order valence-electron chi connectivity index (χ1n) is 4.83. The predicted molar refractivity (Wildman–Crippen MR) is 65.3 cm³/mol. The van der Waals surface area contributed by atoms with E-state index >= 15 is 0 Å². The van der Waals surface area contributed by atoms with Crippen LogP contribution in [0.3, 0.4) is 0 Å². The quantitative estimate of drug-likeness (QED) is 0.821. The van der Waals surface area contributed by atoms with E-state index in [1.807, 2.05) is 6.92 Å². The molecule has 0 aliphatic rings. The van der Waals surface area contributed by atoms with Crippen molar-refractivity contribution in [3.8, 4) is 5.75 Å². The first-order chi connectivity index (χ1) is 7.60. The molecule has 0 bridgehead atoms. The topological polar surface area (TPSA) is 38.3 Å². The zero-order chi connectivity index (χ0) is 12.1. The van der Waals surface area contributed by atoms with E-state index in [0.717, 1.165) is 5.56 Å². The van der Waals surface area contributed by atoms with Gasteiger partial charge in [0.15, 0.2) is 0 Å². The molecule has 0 fully saturated rings. The van der Waals surface area contributed by atoms with Crippen molar-refractivity contribution < 1.29 is 9.53 Å². The summed E-state index contributed by atoms with van der Waals surface area (Å²) in [5.74, 6) is 0.404. The first kappa shape index (κ1) is 12.6. The number of halogens is 1. The lowest BCUT2D eigenvalue weighted by atomic mass is 10.1. The number of ether oxygens (including phenoxy) is 1. The van der Waals surface area contributed by atoms with Gasteiger partial charge in [0.2, 0.25) is 0 Å². The molecule has 1 aromatic rings. The lowest BCUT2D eigenvalue weighted by molar-refractivity contribution is 0.0957. The molecule has 0 heterocycles. The molecule has 0 aliphatic carbocycles. The van der Waals surface area contributed by atoms with Crippen molar-refractivity contribution in [3.05, 3.63) is 40.9 Å². The zero-order valence-corrected chi connectivity index (χ0v) is 10.1. The number of hydrogen-bond donors (Lipinski definition) is 1. The second-order valence-electron chi connectivity index (χ2n) is 3.30. The molecule has 4 heteroatoms. The molecule has 0 radical (unpaired) electrons. The minimum Gasteiger partial charge on any atom is -0.495 e. The second kappa shape index (κ2) is 5.56. The van der Waals surface area contributed by atoms with E-state index in [4.69, 9.17) is 16.3 Å². The standard InChI is InChI=1S/C12H14ClNO2/c1-4-5-14-12(15)9-7-10(13)11(16-3)6-8(9)2/h4,6-7H,1,5H2,2-3H3,(H,14,15). The molecule has 0 saturated carbocycles. The van der Waals surface area contributed by atoms with Gasteiger partial charge in [-0.15, -0.1) is 6.58 Å². The van der Waals surface area contributed by atoms with Gasteiger partial charge in [0.25, 0.3) is 5.91 Å². The Bertz CT molecular complexity index is 416. The molecular weight excluding hydrogens is 226 g/mol. The lowest BCUT2D eigenvalue weighted by Crippen LogP contribution is -2.24. The average molecular weight is 240 g/mol. The minimum atomic E-state index is -0.165. The fourth-order valence-electron chi connectivity index (χ4n) is 1.32. The Balaban J connectivity index is 3.01. The first-order valence-corrected chi connectivity index (χ1v) is 5.21. The van der Waals surface area contributed by atoms with Crippen LogP contribution in [0.15, 0.2) is 24.8 Å². The fourth-order valence-corrected chi connectivity index (χ4v) is 1.56. The van der Waals surface area contributed by atoms with Crippen LogP contribution in [0, 0.1) is 6.92 Å². The molecular formula is C12H14ClNO2. The van der Waals surface area contributed by atoms with E-state index in [0.29, 0.717) is 22.9 Å². The summed E-state index contributed by atoms with van der Waals surface area (Å²) in [7, 11) is 1.54. The predicted octanol–water partition coefficient (Wildman–Crippen LogP) is 2.57. The monoisotopic (exact) mass is 239 g/mol. The van der Waals surface area contributed by atoms with Crippen molar-refractivity contribution >= 4 is 17.5 Å². The van der Waals surface area contributed by atoms with E-state index in [-0.39, 0.29) is 5.91 Å². The van der Waals surface area contributed by atoms with Crippen LogP contribution in [0.5, 0.6) is 5.75 Å². The maximum absolute atomic E-state index is 11.7. The van der Waals surface area contributed by atoms with Gasteiger partial charge >= 0.3 is 0 Å². The van der Waals surface area contributed by atoms with Crippen LogP contribution in [0.2, 0.25) is 5.02 Å². The normalized spacial score (nSPS) is 9.69. The number of carbonyl (C=O) groups excluding carboxylic acids is 1. The Morgan fingerprint density at radius 3 is 2.88 bits per heavy atom. The summed E-state index contributed by atoms with van der Waals surface area (Å²) in [4.78, 5) is 11.7. The number of nitrogens with one attached hydrogen (secondary N) is 1. The highest BCUT2D eigenvalue weighted by molar-refractivity contribution is 6.32. The molecule has 3 nitrogen and oxygen atoms in total.